The Bertz CT molecular complexity index is 1130. The standard InChI is InChI=1S/C22H19NO3S/c1-27(24,25)19-12-8-16(9-13-19)22-20(15-6-10-18(23)11-7-15)14-17-4-2-3-5-21(17)26-22/h2-13H,14,23H2,1H3. The molecule has 27 heavy (non-hydrogen) atoms. The maximum absolute atomic E-state index is 11.7. The molecule has 0 fully saturated rings. The van der Waals surface area contributed by atoms with E-state index in [1.807, 2.05) is 42.5 Å². The van der Waals surface area contributed by atoms with E-state index < -0.39 is 9.84 Å². The highest BCUT2D eigenvalue weighted by atomic mass is 32.2. The number of ether oxygens (including phenoxy) is 1. The molecular formula is C22H19NO3S. The van der Waals surface area contributed by atoms with Crippen LogP contribution in [0.25, 0.3) is 11.3 Å². The van der Waals surface area contributed by atoms with Gasteiger partial charge in [-0.25, -0.2) is 8.42 Å². The van der Waals surface area contributed by atoms with E-state index in [0.717, 1.165) is 40.2 Å². The molecular weight excluding hydrogens is 358 g/mol. The number of benzene rings is 3. The molecule has 4 rings (SSSR count). The van der Waals surface area contributed by atoms with Crippen molar-refractivity contribution in [3.05, 3.63) is 89.5 Å². The highest BCUT2D eigenvalue weighted by Gasteiger charge is 2.22. The van der Waals surface area contributed by atoms with Crippen LogP contribution in [0.15, 0.2) is 77.7 Å². The summed E-state index contributed by atoms with van der Waals surface area (Å²) < 4.78 is 29.7. The molecule has 0 aliphatic carbocycles. The summed E-state index contributed by atoms with van der Waals surface area (Å²) in [5, 5.41) is 0. The average Bonchev–Trinajstić information content (AvgIpc) is 2.67. The van der Waals surface area contributed by atoms with Crippen LogP contribution in [-0.2, 0) is 16.3 Å². The third-order valence-corrected chi connectivity index (χ3v) is 5.76. The number of anilines is 1. The van der Waals surface area contributed by atoms with Gasteiger partial charge in [0.1, 0.15) is 11.5 Å². The minimum atomic E-state index is -3.24. The van der Waals surface area contributed by atoms with Crippen LogP contribution in [0.5, 0.6) is 5.75 Å². The van der Waals surface area contributed by atoms with E-state index in [-0.39, 0.29) is 4.90 Å². The third kappa shape index (κ3) is 3.46. The van der Waals surface area contributed by atoms with Crippen molar-refractivity contribution in [2.24, 2.45) is 0 Å². The molecule has 0 amide bonds. The summed E-state index contributed by atoms with van der Waals surface area (Å²) in [6.07, 6.45) is 1.93. The Balaban J connectivity index is 1.85. The van der Waals surface area contributed by atoms with Crippen LogP contribution in [0.4, 0.5) is 5.69 Å². The van der Waals surface area contributed by atoms with Crippen molar-refractivity contribution in [2.45, 2.75) is 11.3 Å². The van der Waals surface area contributed by atoms with Gasteiger partial charge < -0.3 is 10.5 Å². The van der Waals surface area contributed by atoms with E-state index in [9.17, 15) is 8.42 Å². The van der Waals surface area contributed by atoms with Crippen LogP contribution in [0.3, 0.4) is 0 Å². The van der Waals surface area contributed by atoms with Crippen LogP contribution in [-0.4, -0.2) is 14.7 Å². The molecule has 3 aromatic rings. The molecule has 0 saturated carbocycles. The van der Waals surface area contributed by atoms with Crippen LogP contribution in [0, 0.1) is 0 Å². The maximum atomic E-state index is 11.7. The van der Waals surface area contributed by atoms with Gasteiger partial charge in [-0.1, -0.05) is 30.3 Å². The summed E-state index contributed by atoms with van der Waals surface area (Å²) in [5.41, 5.74) is 10.6. The van der Waals surface area contributed by atoms with Crippen molar-refractivity contribution in [3.8, 4) is 5.75 Å². The number of sulfone groups is 1. The second kappa shape index (κ2) is 6.59. The quantitative estimate of drug-likeness (QED) is 0.696. The van der Waals surface area contributed by atoms with Gasteiger partial charge in [0.05, 0.1) is 4.90 Å². The summed E-state index contributed by atoms with van der Waals surface area (Å²) in [6, 6.07) is 22.4. The summed E-state index contributed by atoms with van der Waals surface area (Å²) in [5.74, 6) is 1.55. The molecule has 4 nitrogen and oxygen atoms in total. The first kappa shape index (κ1) is 17.4. The molecule has 0 bridgehead atoms. The van der Waals surface area contributed by atoms with Crippen molar-refractivity contribution in [2.75, 3.05) is 12.0 Å². The predicted octanol–water partition coefficient (Wildman–Crippen LogP) is 4.18. The number of hydrogen-bond donors (Lipinski definition) is 1. The van der Waals surface area contributed by atoms with Gasteiger partial charge in [0.15, 0.2) is 9.84 Å². The fraction of sp³-hybridized carbons (Fsp3) is 0.0909. The second-order valence-electron chi connectivity index (χ2n) is 6.61. The zero-order chi connectivity index (χ0) is 19.0. The highest BCUT2D eigenvalue weighted by molar-refractivity contribution is 7.90. The van der Waals surface area contributed by atoms with E-state index >= 15 is 0 Å². The minimum Gasteiger partial charge on any atom is -0.456 e. The molecule has 1 aliphatic heterocycles. The normalized spacial score (nSPS) is 13.8. The van der Waals surface area contributed by atoms with E-state index in [1.165, 1.54) is 6.26 Å². The third-order valence-electron chi connectivity index (χ3n) is 4.63. The number of fused-ring (bicyclic) bond motifs is 1. The molecule has 0 unspecified atom stereocenters. The summed E-state index contributed by atoms with van der Waals surface area (Å²) in [6.45, 7) is 0. The van der Waals surface area contributed by atoms with Crippen molar-refractivity contribution < 1.29 is 13.2 Å². The molecule has 5 heteroatoms. The minimum absolute atomic E-state index is 0.289. The maximum Gasteiger partial charge on any atom is 0.175 e. The van der Waals surface area contributed by atoms with Gasteiger partial charge >= 0.3 is 0 Å². The van der Waals surface area contributed by atoms with Crippen molar-refractivity contribution in [1.82, 2.24) is 0 Å². The molecule has 0 saturated heterocycles. The van der Waals surface area contributed by atoms with Gasteiger partial charge in [-0.15, -0.1) is 0 Å². The summed E-state index contributed by atoms with van der Waals surface area (Å²) >= 11 is 0. The average molecular weight is 377 g/mol. The van der Waals surface area contributed by atoms with E-state index in [4.69, 9.17) is 10.5 Å². The monoisotopic (exact) mass is 377 g/mol. The molecule has 0 spiro atoms. The SMILES string of the molecule is CS(=O)(=O)c1ccc(C2=C(c3ccc(N)cc3)Cc3ccccc3O2)cc1. The van der Waals surface area contributed by atoms with Gasteiger partial charge in [-0.05, 0) is 53.6 Å². The van der Waals surface area contributed by atoms with E-state index in [1.54, 1.807) is 24.3 Å². The fourth-order valence-electron chi connectivity index (χ4n) is 3.20. The summed E-state index contributed by atoms with van der Waals surface area (Å²) in [4.78, 5) is 0.289. The molecule has 0 radical (unpaired) electrons. The number of hydrogen-bond acceptors (Lipinski definition) is 4. The first-order chi connectivity index (χ1) is 12.9. The van der Waals surface area contributed by atoms with Crippen LogP contribution < -0.4 is 10.5 Å². The Morgan fingerprint density at radius 1 is 0.852 bits per heavy atom. The topological polar surface area (TPSA) is 69.4 Å². The Kier molecular flexibility index (Phi) is 4.24. The van der Waals surface area contributed by atoms with Gasteiger partial charge in [-0.3, -0.25) is 0 Å². The first-order valence-electron chi connectivity index (χ1n) is 8.57. The van der Waals surface area contributed by atoms with Crippen LogP contribution in [0.2, 0.25) is 0 Å². The Labute approximate surface area is 158 Å². The second-order valence-corrected chi connectivity index (χ2v) is 8.63. The number of nitrogens with two attached hydrogens (primary N) is 1. The van der Waals surface area contributed by atoms with Crippen molar-refractivity contribution in [1.29, 1.82) is 0 Å². The zero-order valence-electron chi connectivity index (χ0n) is 14.8. The van der Waals surface area contributed by atoms with Crippen molar-refractivity contribution in [3.63, 3.8) is 0 Å². The predicted molar refractivity (Wildman–Crippen MR) is 108 cm³/mol. The van der Waals surface area contributed by atoms with E-state index in [0.29, 0.717) is 5.69 Å². The van der Waals surface area contributed by atoms with Gasteiger partial charge in [0.25, 0.3) is 0 Å². The molecule has 3 aromatic carbocycles. The lowest BCUT2D eigenvalue weighted by Gasteiger charge is -2.24. The Morgan fingerprint density at radius 3 is 2.15 bits per heavy atom. The number of allylic oxidation sites excluding steroid dienone is 1. The molecule has 0 atom stereocenters. The van der Waals surface area contributed by atoms with Gasteiger partial charge in [0.2, 0.25) is 0 Å². The number of rotatable bonds is 3. The Morgan fingerprint density at radius 2 is 1.48 bits per heavy atom. The van der Waals surface area contributed by atoms with Gasteiger partial charge in [0, 0.05) is 29.5 Å². The lowest BCUT2D eigenvalue weighted by Crippen LogP contribution is -2.09. The zero-order valence-corrected chi connectivity index (χ0v) is 15.7. The van der Waals surface area contributed by atoms with Crippen LogP contribution in [0.1, 0.15) is 16.7 Å². The van der Waals surface area contributed by atoms with Gasteiger partial charge in [-0.2, -0.15) is 0 Å². The van der Waals surface area contributed by atoms with Crippen molar-refractivity contribution >= 4 is 26.9 Å². The number of para-hydroxylation sites is 1. The lowest BCUT2D eigenvalue weighted by molar-refractivity contribution is 0.502. The fourth-order valence-corrected chi connectivity index (χ4v) is 3.83. The molecule has 136 valence electrons. The summed E-state index contributed by atoms with van der Waals surface area (Å²) in [7, 11) is -3.24. The smallest absolute Gasteiger partial charge is 0.175 e. The lowest BCUT2D eigenvalue weighted by atomic mass is 9.92. The Hall–Kier alpha value is -3.05. The molecule has 1 heterocycles. The number of nitrogen functional groups attached to an aromatic ring is 1. The highest BCUT2D eigenvalue weighted by Crippen LogP contribution is 2.39. The largest absolute Gasteiger partial charge is 0.456 e. The molecule has 1 aliphatic rings. The first-order valence-corrected chi connectivity index (χ1v) is 10.5. The van der Waals surface area contributed by atoms with E-state index in [2.05, 4.69) is 6.07 Å². The molecule has 2 N–H and O–H groups in total. The van der Waals surface area contributed by atoms with Crippen LogP contribution >= 0.6 is 0 Å². The molecule has 0 aromatic heterocycles.